The molecule has 5 nitrogen and oxygen atoms in total. The first kappa shape index (κ1) is 25.7. The Bertz CT molecular complexity index is 722. The highest BCUT2D eigenvalue weighted by atomic mass is 32.1. The van der Waals surface area contributed by atoms with Crippen LogP contribution in [0.1, 0.15) is 59.4 Å². The number of likely N-dealkylation sites (tertiary alicyclic amines) is 1. The molecule has 0 unspecified atom stereocenters. The molecule has 0 radical (unpaired) electrons. The number of nitrogens with one attached hydrogen (secondary N) is 1. The van der Waals surface area contributed by atoms with Gasteiger partial charge in [-0.15, -0.1) is 0 Å². The van der Waals surface area contributed by atoms with E-state index in [4.69, 9.17) is 21.7 Å². The van der Waals surface area contributed by atoms with Crippen LogP contribution in [0.25, 0.3) is 0 Å². The lowest BCUT2D eigenvalue weighted by atomic mass is 9.82. The Labute approximate surface area is 195 Å². The molecule has 0 aliphatic carbocycles. The van der Waals surface area contributed by atoms with Crippen molar-refractivity contribution in [2.24, 2.45) is 5.41 Å². The van der Waals surface area contributed by atoms with Crippen LogP contribution in [0.4, 0.5) is 0 Å². The van der Waals surface area contributed by atoms with Gasteiger partial charge in [0.05, 0.1) is 14.2 Å². The number of methoxy groups -OCH3 is 2. The second kappa shape index (κ2) is 10.9. The summed E-state index contributed by atoms with van der Waals surface area (Å²) in [6, 6.07) is 6.65. The predicted octanol–water partition coefficient (Wildman–Crippen LogP) is 4.73. The standard InChI is InChI=1S/C25H43N3O2S/c1-24(2,3)18-25(4,5)26-23(31)28(20-12-14-27(6)15-13-20)16-11-19-9-10-21(29-7)22(17-19)30-8/h9-10,17,20H,11-16,18H2,1-8H3,(H,26,31). The highest BCUT2D eigenvalue weighted by Gasteiger charge is 2.30. The van der Waals surface area contributed by atoms with Gasteiger partial charge in [-0.3, -0.25) is 0 Å². The lowest BCUT2D eigenvalue weighted by molar-refractivity contribution is 0.171. The molecular formula is C25H43N3O2S. The molecule has 176 valence electrons. The Hall–Kier alpha value is -1.53. The molecule has 0 bridgehead atoms. The summed E-state index contributed by atoms with van der Waals surface area (Å²) in [5, 5.41) is 4.58. The van der Waals surface area contributed by atoms with Gasteiger partial charge in [0, 0.05) is 18.1 Å². The Morgan fingerprint density at radius 3 is 2.26 bits per heavy atom. The van der Waals surface area contributed by atoms with Crippen molar-refractivity contribution in [3.63, 3.8) is 0 Å². The minimum Gasteiger partial charge on any atom is -0.493 e. The third-order valence-corrected chi connectivity index (χ3v) is 6.23. The van der Waals surface area contributed by atoms with Crippen LogP contribution in [-0.2, 0) is 6.42 Å². The van der Waals surface area contributed by atoms with E-state index in [1.807, 2.05) is 6.07 Å². The minimum absolute atomic E-state index is 0.0532. The summed E-state index contributed by atoms with van der Waals surface area (Å²) in [7, 11) is 5.55. The summed E-state index contributed by atoms with van der Waals surface area (Å²) in [6.07, 6.45) is 4.25. The maximum Gasteiger partial charge on any atom is 0.169 e. The zero-order valence-corrected chi connectivity index (χ0v) is 21.7. The molecule has 0 atom stereocenters. The summed E-state index contributed by atoms with van der Waals surface area (Å²) < 4.78 is 10.9. The Morgan fingerprint density at radius 1 is 1.10 bits per heavy atom. The average molecular weight is 450 g/mol. The van der Waals surface area contributed by atoms with Crippen LogP contribution in [0.2, 0.25) is 0 Å². The third-order valence-electron chi connectivity index (χ3n) is 5.90. The van der Waals surface area contributed by atoms with Crippen LogP contribution in [0.3, 0.4) is 0 Å². The molecule has 1 saturated heterocycles. The molecule has 1 aromatic rings. The topological polar surface area (TPSA) is 37.0 Å². The smallest absolute Gasteiger partial charge is 0.169 e. The lowest BCUT2D eigenvalue weighted by Gasteiger charge is -2.42. The van der Waals surface area contributed by atoms with Gasteiger partial charge >= 0.3 is 0 Å². The van der Waals surface area contributed by atoms with Crippen molar-refractivity contribution < 1.29 is 9.47 Å². The molecule has 0 aromatic heterocycles. The molecule has 1 aliphatic heterocycles. The van der Waals surface area contributed by atoms with Crippen molar-refractivity contribution in [3.8, 4) is 11.5 Å². The zero-order chi connectivity index (χ0) is 23.2. The Morgan fingerprint density at radius 2 is 1.71 bits per heavy atom. The molecular weight excluding hydrogens is 406 g/mol. The van der Waals surface area contributed by atoms with Gasteiger partial charge in [0.2, 0.25) is 0 Å². The van der Waals surface area contributed by atoms with E-state index >= 15 is 0 Å². The lowest BCUT2D eigenvalue weighted by Crippen LogP contribution is -2.56. The zero-order valence-electron chi connectivity index (χ0n) is 20.9. The average Bonchev–Trinajstić information content (AvgIpc) is 2.66. The van der Waals surface area contributed by atoms with Crippen molar-refractivity contribution in [1.29, 1.82) is 0 Å². The van der Waals surface area contributed by atoms with Gasteiger partial charge in [0.25, 0.3) is 0 Å². The number of ether oxygens (including phenoxy) is 2. The Kier molecular flexibility index (Phi) is 9.02. The van der Waals surface area contributed by atoms with Crippen molar-refractivity contribution in [3.05, 3.63) is 23.8 Å². The molecule has 0 saturated carbocycles. The van der Waals surface area contributed by atoms with E-state index in [9.17, 15) is 0 Å². The number of thiocarbonyl (C=S) groups is 1. The first-order valence-corrected chi connectivity index (χ1v) is 11.8. The molecule has 0 amide bonds. The van der Waals surface area contributed by atoms with Crippen molar-refractivity contribution in [1.82, 2.24) is 15.1 Å². The fourth-order valence-electron chi connectivity index (χ4n) is 4.77. The largest absolute Gasteiger partial charge is 0.493 e. The molecule has 1 aromatic carbocycles. The minimum atomic E-state index is -0.0532. The number of benzene rings is 1. The highest BCUT2D eigenvalue weighted by Crippen LogP contribution is 2.29. The number of rotatable bonds is 8. The summed E-state index contributed by atoms with van der Waals surface area (Å²) >= 11 is 5.98. The van der Waals surface area contributed by atoms with Gasteiger partial charge in [-0.1, -0.05) is 26.8 Å². The molecule has 2 rings (SSSR count). The summed E-state index contributed by atoms with van der Waals surface area (Å²) in [6.45, 7) is 14.5. The summed E-state index contributed by atoms with van der Waals surface area (Å²) in [5.41, 5.74) is 1.42. The van der Waals surface area contributed by atoms with Gasteiger partial charge in [0.1, 0.15) is 0 Å². The van der Waals surface area contributed by atoms with Crippen LogP contribution in [0, 0.1) is 5.41 Å². The fourth-order valence-corrected chi connectivity index (χ4v) is 5.29. The van der Waals surface area contributed by atoms with E-state index in [-0.39, 0.29) is 11.0 Å². The van der Waals surface area contributed by atoms with Crippen LogP contribution < -0.4 is 14.8 Å². The molecule has 1 N–H and O–H groups in total. The monoisotopic (exact) mass is 449 g/mol. The second-order valence-corrected chi connectivity index (χ2v) is 11.1. The van der Waals surface area contributed by atoms with Crippen molar-refractivity contribution >= 4 is 17.3 Å². The third kappa shape index (κ3) is 8.15. The summed E-state index contributed by atoms with van der Waals surface area (Å²) in [4.78, 5) is 4.84. The number of piperidine rings is 1. The maximum atomic E-state index is 5.98. The maximum absolute atomic E-state index is 5.98. The van der Waals surface area contributed by atoms with Gasteiger partial charge in [-0.05, 0) is 95.0 Å². The molecule has 6 heteroatoms. The van der Waals surface area contributed by atoms with E-state index in [2.05, 4.69) is 68.9 Å². The van der Waals surface area contributed by atoms with Gasteiger partial charge < -0.3 is 24.6 Å². The molecule has 31 heavy (non-hydrogen) atoms. The van der Waals surface area contributed by atoms with Gasteiger partial charge in [-0.25, -0.2) is 0 Å². The van der Waals surface area contributed by atoms with Gasteiger partial charge in [0.15, 0.2) is 16.6 Å². The van der Waals surface area contributed by atoms with E-state index in [0.29, 0.717) is 6.04 Å². The van der Waals surface area contributed by atoms with Gasteiger partial charge in [-0.2, -0.15) is 0 Å². The summed E-state index contributed by atoms with van der Waals surface area (Å²) in [5.74, 6) is 1.54. The molecule has 1 fully saturated rings. The van der Waals surface area contributed by atoms with E-state index in [0.717, 1.165) is 61.9 Å². The number of hydrogen-bond acceptors (Lipinski definition) is 4. The van der Waals surface area contributed by atoms with Crippen molar-refractivity contribution in [2.45, 2.75) is 71.9 Å². The molecule has 1 heterocycles. The highest BCUT2D eigenvalue weighted by molar-refractivity contribution is 7.80. The molecule has 0 spiro atoms. The first-order valence-electron chi connectivity index (χ1n) is 11.4. The van der Waals surface area contributed by atoms with Crippen molar-refractivity contribution in [2.75, 3.05) is 40.9 Å². The Balaban J connectivity index is 2.14. The fraction of sp³-hybridized carbons (Fsp3) is 0.720. The predicted molar refractivity (Wildman–Crippen MR) is 134 cm³/mol. The molecule has 1 aliphatic rings. The number of nitrogens with zero attached hydrogens (tertiary/aromatic N) is 2. The van der Waals surface area contributed by atoms with E-state index in [1.54, 1.807) is 14.2 Å². The first-order chi connectivity index (χ1) is 14.4. The number of hydrogen-bond donors (Lipinski definition) is 1. The van der Waals surface area contributed by atoms with Crippen LogP contribution in [-0.4, -0.2) is 67.4 Å². The van der Waals surface area contributed by atoms with E-state index in [1.165, 1.54) is 5.56 Å². The van der Waals surface area contributed by atoms with E-state index < -0.39 is 0 Å². The second-order valence-electron chi connectivity index (χ2n) is 10.7. The quantitative estimate of drug-likeness (QED) is 0.578. The van der Waals surface area contributed by atoms with Crippen LogP contribution >= 0.6 is 12.2 Å². The van der Waals surface area contributed by atoms with Crippen LogP contribution in [0.5, 0.6) is 11.5 Å². The normalized spacial score (nSPS) is 16.1. The van der Waals surface area contributed by atoms with Crippen LogP contribution in [0.15, 0.2) is 18.2 Å². The SMILES string of the molecule is COc1ccc(CCN(C(=S)NC(C)(C)CC(C)(C)C)C2CCN(C)CC2)cc1OC.